The summed E-state index contributed by atoms with van der Waals surface area (Å²) >= 11 is 0. The Morgan fingerprint density at radius 1 is 1.53 bits per heavy atom. The number of hydrogen-bond acceptors (Lipinski definition) is 4. The van der Waals surface area contributed by atoms with Gasteiger partial charge in [0.05, 0.1) is 6.54 Å². The fourth-order valence-electron chi connectivity index (χ4n) is 3.58. The maximum Gasteiger partial charge on any atom is 0.147 e. The summed E-state index contributed by atoms with van der Waals surface area (Å²) in [5.74, 6) is 1.78. The monoisotopic (exact) mass is 235 g/mol. The van der Waals surface area contributed by atoms with Crippen molar-refractivity contribution in [2.75, 3.05) is 13.1 Å². The van der Waals surface area contributed by atoms with E-state index in [9.17, 15) is 0 Å². The first kappa shape index (κ1) is 11.2. The normalized spacial score (nSPS) is 33.9. The lowest BCUT2D eigenvalue weighted by atomic mass is 9.86. The van der Waals surface area contributed by atoms with Gasteiger partial charge in [-0.15, -0.1) is 10.2 Å². The Labute approximate surface area is 102 Å². The van der Waals surface area contributed by atoms with Crippen LogP contribution in [0.15, 0.2) is 6.33 Å². The molecule has 5 heteroatoms. The van der Waals surface area contributed by atoms with Crippen molar-refractivity contribution in [2.24, 2.45) is 11.7 Å². The first-order valence-electron chi connectivity index (χ1n) is 6.58. The van der Waals surface area contributed by atoms with Gasteiger partial charge >= 0.3 is 0 Å². The highest BCUT2D eigenvalue weighted by molar-refractivity contribution is 5.03. The largest absolute Gasteiger partial charge is 0.329 e. The summed E-state index contributed by atoms with van der Waals surface area (Å²) in [6, 6.07) is 0. The summed E-state index contributed by atoms with van der Waals surface area (Å²) in [4.78, 5) is 2.55. The third-order valence-corrected chi connectivity index (χ3v) is 4.79. The second-order valence-electron chi connectivity index (χ2n) is 5.46. The van der Waals surface area contributed by atoms with E-state index in [1.165, 1.54) is 19.3 Å². The zero-order valence-electron chi connectivity index (χ0n) is 10.5. The van der Waals surface area contributed by atoms with Crippen molar-refractivity contribution in [1.82, 2.24) is 19.7 Å². The van der Waals surface area contributed by atoms with Crippen LogP contribution in [0.1, 0.15) is 32.0 Å². The minimum Gasteiger partial charge on any atom is -0.329 e. The molecule has 1 aromatic heterocycles. The van der Waals surface area contributed by atoms with Crippen LogP contribution in [-0.2, 0) is 13.1 Å². The average molecular weight is 235 g/mol. The highest BCUT2D eigenvalue weighted by Crippen LogP contribution is 2.40. The molecule has 0 bridgehead atoms. The van der Waals surface area contributed by atoms with Gasteiger partial charge in [0.25, 0.3) is 0 Å². The predicted molar refractivity (Wildman–Crippen MR) is 65.2 cm³/mol. The van der Waals surface area contributed by atoms with E-state index in [2.05, 4.69) is 26.6 Å². The second kappa shape index (κ2) is 4.07. The Morgan fingerprint density at radius 2 is 2.41 bits per heavy atom. The quantitative estimate of drug-likeness (QED) is 0.816. The van der Waals surface area contributed by atoms with Crippen LogP contribution < -0.4 is 5.73 Å². The Kier molecular flexibility index (Phi) is 2.67. The molecule has 2 heterocycles. The topological polar surface area (TPSA) is 60.0 Å². The Hall–Kier alpha value is -0.940. The fraction of sp³-hybridized carbons (Fsp3) is 0.833. The van der Waals surface area contributed by atoms with E-state index in [4.69, 9.17) is 5.73 Å². The van der Waals surface area contributed by atoms with Gasteiger partial charge in [-0.1, -0.05) is 13.3 Å². The number of rotatable bonds is 2. The first-order chi connectivity index (χ1) is 8.26. The predicted octanol–water partition coefficient (Wildman–Crippen LogP) is 0.611. The minimum absolute atomic E-state index is 0.206. The molecule has 1 aliphatic heterocycles. The minimum atomic E-state index is 0.206. The van der Waals surface area contributed by atoms with E-state index >= 15 is 0 Å². The molecule has 0 spiro atoms. The molecular weight excluding hydrogens is 214 g/mol. The standard InChI is InChI=1S/C12H21N5/c1-10-3-2-4-12(10,8-13)17-6-5-16-9-14-15-11(16)7-17/h9-10H,2-8,13H2,1H3. The molecule has 17 heavy (non-hydrogen) atoms. The van der Waals surface area contributed by atoms with Gasteiger partial charge in [0.15, 0.2) is 0 Å². The van der Waals surface area contributed by atoms with Crippen LogP contribution in [0.3, 0.4) is 0 Å². The Morgan fingerprint density at radius 3 is 3.12 bits per heavy atom. The van der Waals surface area contributed by atoms with Crippen molar-refractivity contribution < 1.29 is 0 Å². The molecule has 0 amide bonds. The molecule has 1 aromatic rings. The third-order valence-electron chi connectivity index (χ3n) is 4.79. The van der Waals surface area contributed by atoms with Crippen LogP contribution in [0, 0.1) is 5.92 Å². The van der Waals surface area contributed by atoms with E-state index in [0.717, 1.165) is 32.0 Å². The molecule has 1 aliphatic carbocycles. The molecule has 2 aliphatic rings. The van der Waals surface area contributed by atoms with E-state index in [1.807, 2.05) is 6.33 Å². The third kappa shape index (κ3) is 1.60. The Bertz CT molecular complexity index is 401. The van der Waals surface area contributed by atoms with Crippen LogP contribution in [0.5, 0.6) is 0 Å². The summed E-state index contributed by atoms with van der Waals surface area (Å²) in [5, 5.41) is 8.19. The first-order valence-corrected chi connectivity index (χ1v) is 6.58. The maximum absolute atomic E-state index is 6.10. The molecule has 3 rings (SSSR count). The molecule has 0 aromatic carbocycles. The van der Waals surface area contributed by atoms with Gasteiger partial charge in [-0.2, -0.15) is 0 Å². The van der Waals surface area contributed by atoms with Gasteiger partial charge < -0.3 is 10.3 Å². The van der Waals surface area contributed by atoms with Crippen LogP contribution in [0.2, 0.25) is 0 Å². The zero-order chi connectivity index (χ0) is 11.9. The van der Waals surface area contributed by atoms with Crippen LogP contribution in [-0.4, -0.2) is 38.3 Å². The highest BCUT2D eigenvalue weighted by atomic mass is 15.3. The number of fused-ring (bicyclic) bond motifs is 1. The number of hydrogen-bond donors (Lipinski definition) is 1. The van der Waals surface area contributed by atoms with Crippen molar-refractivity contribution in [3.63, 3.8) is 0 Å². The zero-order valence-corrected chi connectivity index (χ0v) is 10.5. The molecule has 2 atom stereocenters. The number of aromatic nitrogens is 3. The smallest absolute Gasteiger partial charge is 0.147 e. The molecule has 1 saturated carbocycles. The lowest BCUT2D eigenvalue weighted by molar-refractivity contribution is 0.0373. The fourth-order valence-corrected chi connectivity index (χ4v) is 3.58. The van der Waals surface area contributed by atoms with E-state index in [-0.39, 0.29) is 5.54 Å². The van der Waals surface area contributed by atoms with Crippen molar-refractivity contribution in [3.8, 4) is 0 Å². The van der Waals surface area contributed by atoms with Gasteiger partial charge in [-0.05, 0) is 18.8 Å². The SMILES string of the molecule is CC1CCCC1(CN)N1CCn2cnnc2C1. The number of nitrogens with two attached hydrogens (primary N) is 1. The summed E-state index contributed by atoms with van der Waals surface area (Å²) in [5.41, 5.74) is 6.31. The van der Waals surface area contributed by atoms with E-state index in [1.54, 1.807) is 0 Å². The highest BCUT2D eigenvalue weighted by Gasteiger charge is 2.44. The van der Waals surface area contributed by atoms with Crippen LogP contribution in [0.25, 0.3) is 0 Å². The van der Waals surface area contributed by atoms with Crippen LogP contribution >= 0.6 is 0 Å². The van der Waals surface area contributed by atoms with E-state index in [0.29, 0.717) is 5.92 Å². The number of nitrogens with zero attached hydrogens (tertiary/aromatic N) is 4. The lowest BCUT2D eigenvalue weighted by Crippen LogP contribution is -2.57. The summed E-state index contributed by atoms with van der Waals surface area (Å²) in [6.07, 6.45) is 5.68. The van der Waals surface area contributed by atoms with Gasteiger partial charge in [0.2, 0.25) is 0 Å². The molecule has 0 radical (unpaired) electrons. The molecule has 5 nitrogen and oxygen atoms in total. The van der Waals surface area contributed by atoms with Crippen molar-refractivity contribution in [2.45, 2.75) is 44.8 Å². The van der Waals surface area contributed by atoms with Crippen molar-refractivity contribution in [1.29, 1.82) is 0 Å². The average Bonchev–Trinajstić information content (AvgIpc) is 2.94. The summed E-state index contributed by atoms with van der Waals surface area (Å²) in [6.45, 7) is 6.09. The van der Waals surface area contributed by atoms with Gasteiger partial charge in [0, 0.05) is 25.2 Å². The Balaban J connectivity index is 1.85. The van der Waals surface area contributed by atoms with Gasteiger partial charge in [0.1, 0.15) is 12.2 Å². The molecule has 2 N–H and O–H groups in total. The molecule has 0 saturated heterocycles. The summed E-state index contributed by atoms with van der Waals surface area (Å²) < 4.78 is 2.15. The lowest BCUT2D eigenvalue weighted by Gasteiger charge is -2.45. The van der Waals surface area contributed by atoms with Gasteiger partial charge in [-0.3, -0.25) is 4.90 Å². The maximum atomic E-state index is 6.10. The van der Waals surface area contributed by atoms with Gasteiger partial charge in [-0.25, -0.2) is 0 Å². The molecular formula is C12H21N5. The van der Waals surface area contributed by atoms with Crippen molar-refractivity contribution in [3.05, 3.63) is 12.2 Å². The van der Waals surface area contributed by atoms with Crippen LogP contribution in [0.4, 0.5) is 0 Å². The summed E-state index contributed by atoms with van der Waals surface area (Å²) in [7, 11) is 0. The second-order valence-corrected chi connectivity index (χ2v) is 5.46. The van der Waals surface area contributed by atoms with E-state index < -0.39 is 0 Å². The van der Waals surface area contributed by atoms with Crippen molar-refractivity contribution >= 4 is 0 Å². The molecule has 2 unspecified atom stereocenters. The molecule has 1 fully saturated rings. The molecule has 94 valence electrons.